The molecule has 2 heterocycles. The van der Waals surface area contributed by atoms with Crippen molar-refractivity contribution in [2.75, 3.05) is 24.3 Å². The van der Waals surface area contributed by atoms with Crippen LogP contribution in [0.2, 0.25) is 5.02 Å². The van der Waals surface area contributed by atoms with E-state index in [4.69, 9.17) is 16.3 Å². The van der Waals surface area contributed by atoms with E-state index in [0.29, 0.717) is 23.2 Å². The number of anilines is 4. The summed E-state index contributed by atoms with van der Waals surface area (Å²) in [5.74, 6) is 1.27. The van der Waals surface area contributed by atoms with Crippen molar-refractivity contribution in [3.63, 3.8) is 0 Å². The van der Waals surface area contributed by atoms with E-state index in [1.165, 1.54) is 17.3 Å². The number of nitrogens with one attached hydrogen (secondary N) is 3. The van der Waals surface area contributed by atoms with E-state index >= 15 is 0 Å². The Morgan fingerprint density at radius 3 is 2.61 bits per heavy atom. The summed E-state index contributed by atoms with van der Waals surface area (Å²) < 4.78 is 31.4. The molecule has 0 atom stereocenters. The lowest BCUT2D eigenvalue weighted by Crippen LogP contribution is -2.36. The molecule has 0 radical (unpaired) electrons. The second-order valence-electron chi connectivity index (χ2n) is 9.60. The van der Waals surface area contributed by atoms with Crippen LogP contribution in [0.5, 0.6) is 5.75 Å². The lowest BCUT2D eigenvalue weighted by Gasteiger charge is -2.28. The summed E-state index contributed by atoms with van der Waals surface area (Å²) in [5.41, 5.74) is 3.40. The molecule has 192 valence electrons. The van der Waals surface area contributed by atoms with Crippen LogP contribution in [-0.2, 0) is 21.8 Å². The van der Waals surface area contributed by atoms with Crippen LogP contribution in [-0.4, -0.2) is 37.3 Å². The van der Waals surface area contributed by atoms with Gasteiger partial charge in [-0.2, -0.15) is 4.98 Å². The number of benzene rings is 2. The molecule has 0 saturated carbocycles. The van der Waals surface area contributed by atoms with Crippen LogP contribution in [0.15, 0.2) is 47.5 Å². The largest absolute Gasteiger partial charge is 0.495 e. The minimum atomic E-state index is -3.52. The first-order valence-electron chi connectivity index (χ1n) is 11.9. The molecule has 4 rings (SSSR count). The van der Waals surface area contributed by atoms with Crippen molar-refractivity contribution in [3.8, 4) is 5.75 Å². The molecule has 1 aromatic heterocycles. The summed E-state index contributed by atoms with van der Waals surface area (Å²) >= 11 is 6.38. The quantitative estimate of drug-likeness (QED) is 0.364. The van der Waals surface area contributed by atoms with Crippen molar-refractivity contribution < 1.29 is 13.2 Å². The van der Waals surface area contributed by atoms with Gasteiger partial charge in [-0.25, -0.2) is 13.4 Å². The van der Waals surface area contributed by atoms with Gasteiger partial charge in [0.25, 0.3) is 0 Å². The van der Waals surface area contributed by atoms with Gasteiger partial charge in [0.15, 0.2) is 15.7 Å². The standard InChI is InChI=1S/C26H32ClN5O3S/c1-16(2)36(33,34)23-11-7-6-10-20(23)30-24-19(27)15-28-25(32-24)31-21-13-17-9-8-12-29-26(3,4)18(17)14-22(21)35-5/h6-7,10-11,13-16,29H,8-9,12H2,1-5H3,(H2,28,30,31,32). The summed E-state index contributed by atoms with van der Waals surface area (Å²) in [6, 6.07) is 10.8. The normalized spacial score (nSPS) is 15.2. The number of rotatable bonds is 7. The van der Waals surface area contributed by atoms with Crippen LogP contribution in [0.25, 0.3) is 0 Å². The van der Waals surface area contributed by atoms with Crippen LogP contribution in [0.3, 0.4) is 0 Å². The van der Waals surface area contributed by atoms with Crippen LogP contribution in [0, 0.1) is 0 Å². The van der Waals surface area contributed by atoms with Gasteiger partial charge in [-0.05, 0) is 82.5 Å². The highest BCUT2D eigenvalue weighted by molar-refractivity contribution is 7.92. The summed E-state index contributed by atoms with van der Waals surface area (Å²) in [6.45, 7) is 8.58. The van der Waals surface area contributed by atoms with Gasteiger partial charge < -0.3 is 20.7 Å². The maximum absolute atomic E-state index is 12.9. The Balaban J connectivity index is 1.68. The molecule has 36 heavy (non-hydrogen) atoms. The van der Waals surface area contributed by atoms with E-state index in [-0.39, 0.29) is 15.5 Å². The molecular weight excluding hydrogens is 498 g/mol. The highest BCUT2D eigenvalue weighted by Crippen LogP contribution is 2.37. The molecule has 0 amide bonds. The molecular formula is C26H32ClN5O3S. The zero-order chi connectivity index (χ0) is 26.1. The third-order valence-electron chi connectivity index (χ3n) is 6.35. The number of aromatic nitrogens is 2. The highest BCUT2D eigenvalue weighted by Gasteiger charge is 2.27. The smallest absolute Gasteiger partial charge is 0.229 e. The molecule has 1 aliphatic rings. The summed E-state index contributed by atoms with van der Waals surface area (Å²) in [4.78, 5) is 9.05. The van der Waals surface area contributed by atoms with Crippen LogP contribution in [0.4, 0.5) is 23.1 Å². The van der Waals surface area contributed by atoms with Gasteiger partial charge >= 0.3 is 0 Å². The van der Waals surface area contributed by atoms with E-state index < -0.39 is 15.1 Å². The molecule has 1 aliphatic heterocycles. The van der Waals surface area contributed by atoms with Crippen LogP contribution >= 0.6 is 11.6 Å². The molecule has 2 aromatic carbocycles. The zero-order valence-corrected chi connectivity index (χ0v) is 22.7. The van der Waals surface area contributed by atoms with E-state index in [0.717, 1.165) is 25.1 Å². The first-order valence-corrected chi connectivity index (χ1v) is 13.8. The fourth-order valence-corrected chi connectivity index (χ4v) is 5.63. The zero-order valence-electron chi connectivity index (χ0n) is 21.1. The third kappa shape index (κ3) is 5.28. The minimum absolute atomic E-state index is 0.171. The number of hydrogen-bond donors (Lipinski definition) is 3. The molecule has 0 unspecified atom stereocenters. The molecule has 10 heteroatoms. The van der Waals surface area contributed by atoms with Crippen molar-refractivity contribution in [3.05, 3.63) is 58.7 Å². The second-order valence-corrected chi connectivity index (χ2v) is 12.5. The summed E-state index contributed by atoms with van der Waals surface area (Å²) in [6.07, 6.45) is 3.45. The molecule has 0 spiro atoms. The Morgan fingerprint density at radius 1 is 1.14 bits per heavy atom. The predicted octanol–water partition coefficient (Wildman–Crippen LogP) is 5.58. The average molecular weight is 530 g/mol. The van der Waals surface area contributed by atoms with Gasteiger partial charge in [-0.15, -0.1) is 0 Å². The fourth-order valence-electron chi connectivity index (χ4n) is 4.29. The van der Waals surface area contributed by atoms with Gasteiger partial charge in [0, 0.05) is 5.54 Å². The third-order valence-corrected chi connectivity index (χ3v) is 8.83. The first kappa shape index (κ1) is 26.2. The summed E-state index contributed by atoms with van der Waals surface area (Å²) in [5, 5.41) is 9.62. The Bertz CT molecular complexity index is 1380. The van der Waals surface area contributed by atoms with Gasteiger partial charge in [0.2, 0.25) is 5.95 Å². The van der Waals surface area contributed by atoms with Crippen LogP contribution < -0.4 is 20.7 Å². The summed E-state index contributed by atoms with van der Waals surface area (Å²) in [7, 11) is -1.89. The predicted molar refractivity (Wildman–Crippen MR) is 145 cm³/mol. The van der Waals surface area contributed by atoms with Gasteiger partial charge in [-0.1, -0.05) is 23.7 Å². The molecule has 3 aromatic rings. The molecule has 3 N–H and O–H groups in total. The van der Waals surface area contributed by atoms with Crippen molar-refractivity contribution in [2.24, 2.45) is 0 Å². The Morgan fingerprint density at radius 2 is 1.89 bits per heavy atom. The molecule has 0 aliphatic carbocycles. The number of aryl methyl sites for hydroxylation is 1. The Hall–Kier alpha value is -2.88. The lowest BCUT2D eigenvalue weighted by molar-refractivity contribution is 0.399. The van der Waals surface area contributed by atoms with Gasteiger partial charge in [0.05, 0.1) is 34.8 Å². The first-order chi connectivity index (χ1) is 17.0. The monoisotopic (exact) mass is 529 g/mol. The van der Waals surface area contributed by atoms with Crippen molar-refractivity contribution in [1.29, 1.82) is 0 Å². The second kappa shape index (κ2) is 10.2. The lowest BCUT2D eigenvalue weighted by atomic mass is 9.89. The van der Waals surface area contributed by atoms with Gasteiger partial charge in [-0.3, -0.25) is 0 Å². The average Bonchev–Trinajstić information content (AvgIpc) is 2.98. The molecule has 0 saturated heterocycles. The number of methoxy groups -OCH3 is 1. The molecule has 8 nitrogen and oxygen atoms in total. The van der Waals surface area contributed by atoms with Gasteiger partial charge in [0.1, 0.15) is 10.8 Å². The van der Waals surface area contributed by atoms with E-state index in [1.807, 2.05) is 0 Å². The topological polar surface area (TPSA) is 105 Å². The molecule has 0 fully saturated rings. The number of halogens is 1. The maximum Gasteiger partial charge on any atom is 0.229 e. The minimum Gasteiger partial charge on any atom is -0.495 e. The maximum atomic E-state index is 12.9. The Kier molecular flexibility index (Phi) is 7.45. The Labute approximate surface area is 217 Å². The number of fused-ring (bicyclic) bond motifs is 1. The number of ether oxygens (including phenoxy) is 1. The van der Waals surface area contributed by atoms with Crippen molar-refractivity contribution in [2.45, 2.75) is 56.2 Å². The highest BCUT2D eigenvalue weighted by atomic mass is 35.5. The van der Waals surface area contributed by atoms with E-state index in [1.54, 1.807) is 45.2 Å². The van der Waals surface area contributed by atoms with Crippen LogP contribution in [0.1, 0.15) is 45.2 Å². The van der Waals surface area contributed by atoms with Crippen molar-refractivity contribution in [1.82, 2.24) is 15.3 Å². The SMILES string of the molecule is COc1cc2c(cc1Nc1ncc(Cl)c(Nc3ccccc3S(=O)(=O)C(C)C)n1)CCCNC2(C)C. The van der Waals surface area contributed by atoms with E-state index in [9.17, 15) is 8.42 Å². The van der Waals surface area contributed by atoms with Crippen molar-refractivity contribution >= 4 is 44.6 Å². The fraction of sp³-hybridized carbons (Fsp3) is 0.385. The molecule has 0 bridgehead atoms. The number of nitrogens with zero attached hydrogens (tertiary/aromatic N) is 2. The number of para-hydroxylation sites is 1. The number of hydrogen-bond acceptors (Lipinski definition) is 8. The number of sulfone groups is 1. The van der Waals surface area contributed by atoms with E-state index in [2.05, 4.69) is 51.9 Å².